The molecule has 2 fully saturated rings. The molecule has 172 valence electrons. The van der Waals surface area contributed by atoms with Crippen LogP contribution in [-0.2, 0) is 14.3 Å². The van der Waals surface area contributed by atoms with Crippen molar-refractivity contribution < 1.29 is 23.8 Å². The van der Waals surface area contributed by atoms with E-state index in [0.29, 0.717) is 49.3 Å². The summed E-state index contributed by atoms with van der Waals surface area (Å²) in [5.41, 5.74) is 0.679. The van der Waals surface area contributed by atoms with E-state index in [4.69, 9.17) is 14.2 Å². The number of amides is 2. The van der Waals surface area contributed by atoms with Gasteiger partial charge < -0.3 is 24.4 Å². The van der Waals surface area contributed by atoms with Crippen LogP contribution >= 0.6 is 0 Å². The number of hydrogen-bond acceptors (Lipinski definition) is 6. The Morgan fingerprint density at radius 3 is 2.69 bits per heavy atom. The Morgan fingerprint density at radius 2 is 2.00 bits per heavy atom. The minimum atomic E-state index is -0.360. The molecular formula is C24H31N3O5. The molecule has 1 aromatic carbocycles. The molecule has 1 saturated carbocycles. The van der Waals surface area contributed by atoms with Gasteiger partial charge in [-0.3, -0.25) is 9.59 Å². The number of ether oxygens (including phenoxy) is 3. The Labute approximate surface area is 189 Å². The van der Waals surface area contributed by atoms with E-state index in [1.807, 2.05) is 6.07 Å². The predicted octanol–water partition coefficient (Wildman–Crippen LogP) is 2.53. The molecule has 0 spiro atoms. The van der Waals surface area contributed by atoms with Crippen molar-refractivity contribution in [2.45, 2.75) is 38.6 Å². The summed E-state index contributed by atoms with van der Waals surface area (Å²) >= 11 is 0. The molecule has 8 heteroatoms. The summed E-state index contributed by atoms with van der Waals surface area (Å²) in [4.78, 5) is 26.6. The molecule has 1 heterocycles. The highest BCUT2D eigenvalue weighted by Crippen LogP contribution is 2.29. The molecule has 2 amide bonds. The fraction of sp³-hybridized carbons (Fsp3) is 0.542. The molecule has 1 aliphatic heterocycles. The molecule has 0 radical (unpaired) electrons. The third kappa shape index (κ3) is 6.24. The third-order valence-corrected chi connectivity index (χ3v) is 6.01. The molecule has 0 aromatic heterocycles. The average molecular weight is 442 g/mol. The van der Waals surface area contributed by atoms with Crippen LogP contribution in [0.3, 0.4) is 0 Å². The number of carbonyl (C=O) groups excluding carboxylic acids is 2. The van der Waals surface area contributed by atoms with Crippen LogP contribution in [0.4, 0.5) is 0 Å². The van der Waals surface area contributed by atoms with Gasteiger partial charge in [0, 0.05) is 19.1 Å². The van der Waals surface area contributed by atoms with Gasteiger partial charge in [0.05, 0.1) is 20.3 Å². The average Bonchev–Trinajstić information content (AvgIpc) is 2.83. The summed E-state index contributed by atoms with van der Waals surface area (Å²) < 4.78 is 16.3. The monoisotopic (exact) mass is 441 g/mol. The van der Waals surface area contributed by atoms with Crippen molar-refractivity contribution in [3.05, 3.63) is 29.3 Å². The Kier molecular flexibility index (Phi) is 8.51. The van der Waals surface area contributed by atoms with Crippen LogP contribution < -0.4 is 14.8 Å². The van der Waals surface area contributed by atoms with Crippen LogP contribution in [0, 0.1) is 17.2 Å². The zero-order chi connectivity index (χ0) is 22.9. The van der Waals surface area contributed by atoms with Gasteiger partial charge in [-0.15, -0.1) is 0 Å². The van der Waals surface area contributed by atoms with Crippen molar-refractivity contribution >= 4 is 17.9 Å². The van der Waals surface area contributed by atoms with Crippen molar-refractivity contribution in [3.8, 4) is 17.6 Å². The lowest BCUT2D eigenvalue weighted by molar-refractivity contribution is -0.137. The van der Waals surface area contributed by atoms with E-state index in [0.717, 1.165) is 19.3 Å². The van der Waals surface area contributed by atoms with Gasteiger partial charge in [-0.2, -0.15) is 5.26 Å². The van der Waals surface area contributed by atoms with Crippen LogP contribution in [0.25, 0.3) is 6.08 Å². The van der Waals surface area contributed by atoms with E-state index in [-0.39, 0.29) is 30.0 Å². The van der Waals surface area contributed by atoms with Crippen LogP contribution in [0.2, 0.25) is 0 Å². The predicted molar refractivity (Wildman–Crippen MR) is 119 cm³/mol. The van der Waals surface area contributed by atoms with Gasteiger partial charge in [-0.05, 0) is 42.5 Å². The van der Waals surface area contributed by atoms with Gasteiger partial charge in [0.25, 0.3) is 11.8 Å². The number of nitriles is 1. The first-order chi connectivity index (χ1) is 15.5. The first-order valence-corrected chi connectivity index (χ1v) is 11.1. The maximum atomic E-state index is 12.6. The Hall–Kier alpha value is -3.05. The van der Waals surface area contributed by atoms with Gasteiger partial charge in [-0.25, -0.2) is 0 Å². The van der Waals surface area contributed by atoms with Crippen LogP contribution in [-0.4, -0.2) is 62.8 Å². The Balaban J connectivity index is 1.65. The van der Waals surface area contributed by atoms with Gasteiger partial charge in [0.1, 0.15) is 11.6 Å². The molecule has 0 bridgehead atoms. The minimum absolute atomic E-state index is 0.0426. The first kappa shape index (κ1) is 23.6. The van der Waals surface area contributed by atoms with E-state index in [1.54, 1.807) is 23.1 Å². The van der Waals surface area contributed by atoms with E-state index in [1.165, 1.54) is 19.6 Å². The van der Waals surface area contributed by atoms with E-state index < -0.39 is 0 Å². The zero-order valence-electron chi connectivity index (χ0n) is 18.8. The summed E-state index contributed by atoms with van der Waals surface area (Å²) in [6.45, 7) is 4.21. The second-order valence-corrected chi connectivity index (χ2v) is 8.20. The van der Waals surface area contributed by atoms with E-state index >= 15 is 0 Å². The highest BCUT2D eigenvalue weighted by molar-refractivity contribution is 6.01. The summed E-state index contributed by atoms with van der Waals surface area (Å²) in [7, 11) is 1.50. The number of morpholine rings is 1. The summed E-state index contributed by atoms with van der Waals surface area (Å²) in [5.74, 6) is 0.781. The number of rotatable bonds is 7. The number of methoxy groups -OCH3 is 1. The number of nitrogens with zero attached hydrogens (tertiary/aromatic N) is 2. The summed E-state index contributed by atoms with van der Waals surface area (Å²) in [6, 6.07) is 7.18. The third-order valence-electron chi connectivity index (χ3n) is 6.01. The topological polar surface area (TPSA) is 101 Å². The molecule has 1 aromatic rings. The molecule has 1 aliphatic carbocycles. The summed E-state index contributed by atoms with van der Waals surface area (Å²) in [6.07, 6.45) is 5.83. The molecule has 1 saturated heterocycles. The maximum absolute atomic E-state index is 12.6. The smallest absolute Gasteiger partial charge is 0.262 e. The van der Waals surface area contributed by atoms with Gasteiger partial charge in [-0.1, -0.05) is 25.8 Å². The van der Waals surface area contributed by atoms with Crippen LogP contribution in [0.5, 0.6) is 11.5 Å². The standard InChI is InChI=1S/C24H31N3O5/c1-17-5-3-4-6-20(17)26-24(29)19(15-25)13-18-7-8-21(22(14-18)30-2)32-16-23(28)27-9-11-31-12-10-27/h7-8,13-14,17,20H,3-6,9-12,16H2,1-2H3,(H,26,29)/b19-13+. The largest absolute Gasteiger partial charge is 0.493 e. The minimum Gasteiger partial charge on any atom is -0.493 e. The molecule has 3 rings (SSSR count). The van der Waals surface area contributed by atoms with Crippen LogP contribution in [0.15, 0.2) is 23.8 Å². The number of carbonyl (C=O) groups is 2. The lowest BCUT2D eigenvalue weighted by atomic mass is 9.86. The molecule has 8 nitrogen and oxygen atoms in total. The highest BCUT2D eigenvalue weighted by atomic mass is 16.5. The van der Waals surface area contributed by atoms with Crippen molar-refractivity contribution in [2.24, 2.45) is 5.92 Å². The molecular weight excluding hydrogens is 410 g/mol. The Bertz CT molecular complexity index is 886. The molecule has 2 atom stereocenters. The second kappa shape index (κ2) is 11.5. The number of benzene rings is 1. The van der Waals surface area contributed by atoms with Gasteiger partial charge in [0.15, 0.2) is 18.1 Å². The Morgan fingerprint density at radius 1 is 1.25 bits per heavy atom. The van der Waals surface area contributed by atoms with Crippen molar-refractivity contribution in [2.75, 3.05) is 40.0 Å². The van der Waals surface area contributed by atoms with Crippen molar-refractivity contribution in [1.82, 2.24) is 10.2 Å². The van der Waals surface area contributed by atoms with Crippen LogP contribution in [0.1, 0.15) is 38.2 Å². The molecule has 32 heavy (non-hydrogen) atoms. The van der Waals surface area contributed by atoms with Crippen molar-refractivity contribution in [3.63, 3.8) is 0 Å². The molecule has 2 unspecified atom stereocenters. The SMILES string of the molecule is COc1cc(/C=C(\C#N)C(=O)NC2CCCCC2C)ccc1OCC(=O)N1CCOCC1. The van der Waals surface area contributed by atoms with Crippen molar-refractivity contribution in [1.29, 1.82) is 5.26 Å². The second-order valence-electron chi connectivity index (χ2n) is 8.20. The fourth-order valence-corrected chi connectivity index (χ4v) is 4.03. The first-order valence-electron chi connectivity index (χ1n) is 11.1. The number of nitrogens with one attached hydrogen (secondary N) is 1. The normalized spacial score (nSPS) is 21.4. The van der Waals surface area contributed by atoms with E-state index in [9.17, 15) is 14.9 Å². The maximum Gasteiger partial charge on any atom is 0.262 e. The lowest BCUT2D eigenvalue weighted by Gasteiger charge is -2.29. The molecule has 1 N–H and O–H groups in total. The lowest BCUT2D eigenvalue weighted by Crippen LogP contribution is -2.43. The fourth-order valence-electron chi connectivity index (χ4n) is 4.03. The van der Waals surface area contributed by atoms with Gasteiger partial charge >= 0.3 is 0 Å². The van der Waals surface area contributed by atoms with Gasteiger partial charge in [0.2, 0.25) is 0 Å². The van der Waals surface area contributed by atoms with E-state index in [2.05, 4.69) is 12.2 Å². The quantitative estimate of drug-likeness (QED) is 0.516. The highest BCUT2D eigenvalue weighted by Gasteiger charge is 2.24. The summed E-state index contributed by atoms with van der Waals surface area (Å²) in [5, 5.41) is 12.5. The zero-order valence-corrected chi connectivity index (χ0v) is 18.8. The molecule has 2 aliphatic rings. The number of hydrogen-bond donors (Lipinski definition) is 1.